The maximum atomic E-state index is 12.4. The van der Waals surface area contributed by atoms with Crippen molar-refractivity contribution in [2.24, 2.45) is 0 Å². The van der Waals surface area contributed by atoms with Crippen molar-refractivity contribution in [3.05, 3.63) is 23.9 Å². The Bertz CT molecular complexity index is 374. The first-order valence-corrected chi connectivity index (χ1v) is 6.41. The van der Waals surface area contributed by atoms with E-state index < -0.39 is 12.7 Å². The van der Waals surface area contributed by atoms with Crippen LogP contribution in [0, 0.1) is 0 Å². The molecule has 0 aliphatic heterocycles. The Kier molecular flexibility index (Phi) is 5.87. The van der Waals surface area contributed by atoms with E-state index in [-0.39, 0.29) is 6.54 Å². The van der Waals surface area contributed by atoms with Gasteiger partial charge in [-0.25, -0.2) is 4.98 Å². The van der Waals surface area contributed by atoms with Gasteiger partial charge in [0.25, 0.3) is 0 Å². The van der Waals surface area contributed by atoms with Crippen LogP contribution < -0.4 is 4.74 Å². The van der Waals surface area contributed by atoms with Crippen LogP contribution in [0.15, 0.2) is 18.3 Å². The van der Waals surface area contributed by atoms with Gasteiger partial charge < -0.3 is 4.74 Å². The molecule has 1 aromatic heterocycles. The van der Waals surface area contributed by atoms with Crippen molar-refractivity contribution < 1.29 is 17.9 Å². The molecule has 7 heteroatoms. The number of ether oxygens (including phenoxy) is 1. The second-order valence-corrected chi connectivity index (χ2v) is 4.48. The van der Waals surface area contributed by atoms with Crippen LogP contribution in [0.5, 0.6) is 5.88 Å². The number of alkyl halides is 4. The molecule has 0 fully saturated rings. The quantitative estimate of drug-likeness (QED) is 0.752. The number of nitrogens with zero attached hydrogens (tertiary/aromatic N) is 2. The lowest BCUT2D eigenvalue weighted by atomic mass is 10.2. The highest BCUT2D eigenvalue weighted by molar-refractivity contribution is 9.09. The molecular weight excluding hydrogens is 313 g/mol. The van der Waals surface area contributed by atoms with Crippen LogP contribution in [0.1, 0.15) is 5.56 Å². The Balaban J connectivity index is 2.76. The zero-order valence-electron chi connectivity index (χ0n) is 9.88. The molecule has 0 saturated heterocycles. The maximum absolute atomic E-state index is 12.4. The third-order valence-corrected chi connectivity index (χ3v) is 2.60. The predicted octanol–water partition coefficient (Wildman–Crippen LogP) is 2.85. The van der Waals surface area contributed by atoms with Gasteiger partial charge in [0.2, 0.25) is 5.88 Å². The lowest BCUT2D eigenvalue weighted by Gasteiger charge is -2.23. The molecule has 0 unspecified atom stereocenters. The molecule has 1 heterocycles. The minimum atomic E-state index is -4.21. The van der Waals surface area contributed by atoms with Crippen LogP contribution in [0.2, 0.25) is 0 Å². The third kappa shape index (κ3) is 5.22. The van der Waals surface area contributed by atoms with Crippen LogP contribution in [-0.4, -0.2) is 41.6 Å². The van der Waals surface area contributed by atoms with E-state index in [1.54, 1.807) is 18.3 Å². The number of methoxy groups -OCH3 is 1. The second-order valence-electron chi connectivity index (χ2n) is 3.69. The van der Waals surface area contributed by atoms with Gasteiger partial charge in [0.05, 0.1) is 13.7 Å². The minimum Gasteiger partial charge on any atom is -0.481 e. The zero-order valence-corrected chi connectivity index (χ0v) is 11.5. The summed E-state index contributed by atoms with van der Waals surface area (Å²) >= 11 is 3.15. The zero-order chi connectivity index (χ0) is 13.6. The van der Waals surface area contributed by atoms with E-state index in [2.05, 4.69) is 20.9 Å². The molecule has 0 aromatic carbocycles. The molecule has 0 bridgehead atoms. The molecule has 0 saturated carbocycles. The summed E-state index contributed by atoms with van der Waals surface area (Å²) in [5, 5.41) is 0.478. The highest BCUT2D eigenvalue weighted by atomic mass is 79.9. The van der Waals surface area contributed by atoms with Gasteiger partial charge in [0, 0.05) is 30.2 Å². The maximum Gasteiger partial charge on any atom is 0.401 e. The van der Waals surface area contributed by atoms with Crippen LogP contribution in [0.4, 0.5) is 13.2 Å². The van der Waals surface area contributed by atoms with Gasteiger partial charge in [-0.05, 0) is 6.07 Å². The average Bonchev–Trinajstić information content (AvgIpc) is 2.28. The predicted molar refractivity (Wildman–Crippen MR) is 65.9 cm³/mol. The lowest BCUT2D eigenvalue weighted by molar-refractivity contribution is -0.146. The van der Waals surface area contributed by atoms with Crippen molar-refractivity contribution in [2.45, 2.75) is 12.7 Å². The van der Waals surface area contributed by atoms with Gasteiger partial charge in [-0.15, -0.1) is 0 Å². The fourth-order valence-electron chi connectivity index (χ4n) is 1.56. The number of hydrogen-bond donors (Lipinski definition) is 0. The fraction of sp³-hybridized carbons (Fsp3) is 0.545. The van der Waals surface area contributed by atoms with Crippen molar-refractivity contribution in [1.29, 1.82) is 0 Å². The molecule has 1 rings (SSSR count). The van der Waals surface area contributed by atoms with Crippen molar-refractivity contribution >= 4 is 15.9 Å². The summed E-state index contributed by atoms with van der Waals surface area (Å²) in [6.07, 6.45) is -2.67. The van der Waals surface area contributed by atoms with Gasteiger partial charge in [-0.2, -0.15) is 13.2 Å². The first-order valence-electron chi connectivity index (χ1n) is 5.29. The third-order valence-electron chi connectivity index (χ3n) is 2.24. The fourth-order valence-corrected chi connectivity index (χ4v) is 2.06. The SMILES string of the molecule is COc1ncccc1CN(CCBr)CC(F)(F)F. The minimum absolute atomic E-state index is 0.155. The molecule has 0 atom stereocenters. The largest absolute Gasteiger partial charge is 0.481 e. The number of pyridine rings is 1. The van der Waals surface area contributed by atoms with E-state index in [0.29, 0.717) is 23.3 Å². The molecule has 3 nitrogen and oxygen atoms in total. The number of aromatic nitrogens is 1. The molecule has 102 valence electrons. The number of halogens is 4. The van der Waals surface area contributed by atoms with E-state index in [0.717, 1.165) is 0 Å². The number of hydrogen-bond acceptors (Lipinski definition) is 3. The summed E-state index contributed by atoms with van der Waals surface area (Å²) in [6, 6.07) is 3.39. The molecular formula is C11H14BrF3N2O. The Morgan fingerprint density at radius 1 is 1.44 bits per heavy atom. The Labute approximate surface area is 112 Å². The van der Waals surface area contributed by atoms with E-state index in [1.165, 1.54) is 12.0 Å². The normalized spacial score (nSPS) is 11.9. The summed E-state index contributed by atoms with van der Waals surface area (Å²) in [5.74, 6) is 0.360. The van der Waals surface area contributed by atoms with Crippen LogP contribution >= 0.6 is 15.9 Å². The molecule has 0 spiro atoms. The smallest absolute Gasteiger partial charge is 0.401 e. The first kappa shape index (κ1) is 15.2. The standard InChI is InChI=1S/C11H14BrF3N2O/c1-18-10-9(3-2-5-16-10)7-17(6-4-12)8-11(13,14)15/h2-3,5H,4,6-8H2,1H3. The second kappa shape index (κ2) is 6.94. The molecule has 0 aliphatic rings. The average molecular weight is 327 g/mol. The van der Waals surface area contributed by atoms with Crippen molar-refractivity contribution in [3.63, 3.8) is 0 Å². The Hall–Kier alpha value is -0.820. The molecule has 0 N–H and O–H groups in total. The molecule has 0 radical (unpaired) electrons. The van der Waals surface area contributed by atoms with Crippen molar-refractivity contribution in [2.75, 3.05) is 25.5 Å². The molecule has 0 amide bonds. The van der Waals surface area contributed by atoms with Crippen LogP contribution in [0.25, 0.3) is 0 Å². The molecule has 18 heavy (non-hydrogen) atoms. The van der Waals surface area contributed by atoms with Crippen LogP contribution in [-0.2, 0) is 6.54 Å². The van der Waals surface area contributed by atoms with E-state index in [1.807, 2.05) is 0 Å². The lowest BCUT2D eigenvalue weighted by Crippen LogP contribution is -2.35. The van der Waals surface area contributed by atoms with Gasteiger partial charge >= 0.3 is 6.18 Å². The summed E-state index contributed by atoms with van der Waals surface area (Å²) in [4.78, 5) is 5.26. The van der Waals surface area contributed by atoms with Gasteiger partial charge in [0.1, 0.15) is 0 Å². The highest BCUT2D eigenvalue weighted by Crippen LogP contribution is 2.21. The van der Waals surface area contributed by atoms with Crippen LogP contribution in [0.3, 0.4) is 0 Å². The Morgan fingerprint density at radius 2 is 2.17 bits per heavy atom. The van der Waals surface area contributed by atoms with Gasteiger partial charge in [-0.1, -0.05) is 22.0 Å². The molecule has 0 aliphatic carbocycles. The monoisotopic (exact) mass is 326 g/mol. The highest BCUT2D eigenvalue weighted by Gasteiger charge is 2.30. The topological polar surface area (TPSA) is 25.4 Å². The first-order chi connectivity index (χ1) is 8.46. The summed E-state index contributed by atoms with van der Waals surface area (Å²) in [5.41, 5.74) is 0.644. The van der Waals surface area contributed by atoms with E-state index >= 15 is 0 Å². The van der Waals surface area contributed by atoms with Crippen molar-refractivity contribution in [3.8, 4) is 5.88 Å². The summed E-state index contributed by atoms with van der Waals surface area (Å²) in [7, 11) is 1.45. The van der Waals surface area contributed by atoms with Gasteiger partial charge in [0.15, 0.2) is 0 Å². The van der Waals surface area contributed by atoms with Crippen molar-refractivity contribution in [1.82, 2.24) is 9.88 Å². The molecule has 1 aromatic rings. The van der Waals surface area contributed by atoms with Gasteiger partial charge in [-0.3, -0.25) is 4.90 Å². The van der Waals surface area contributed by atoms with E-state index in [9.17, 15) is 13.2 Å². The summed E-state index contributed by atoms with van der Waals surface area (Å²) < 4.78 is 42.3. The van der Waals surface area contributed by atoms with E-state index in [4.69, 9.17) is 4.74 Å². The summed E-state index contributed by atoms with van der Waals surface area (Å²) in [6.45, 7) is -0.490. The Morgan fingerprint density at radius 3 is 2.72 bits per heavy atom. The number of rotatable bonds is 6.